The molecule has 2 aromatic heterocycles. The summed E-state index contributed by atoms with van der Waals surface area (Å²) in [6.07, 6.45) is -2.61. The van der Waals surface area contributed by atoms with E-state index in [0.717, 1.165) is 23.0 Å². The molecular weight excluding hydrogens is 367 g/mol. The fourth-order valence-corrected chi connectivity index (χ4v) is 3.73. The van der Waals surface area contributed by atoms with Crippen LogP contribution in [-0.4, -0.2) is 40.0 Å². The zero-order valence-corrected chi connectivity index (χ0v) is 15.2. The first kappa shape index (κ1) is 18.6. The summed E-state index contributed by atoms with van der Waals surface area (Å²) in [5.41, 5.74) is -0.0645. The van der Waals surface area contributed by atoms with Crippen molar-refractivity contribution in [3.8, 4) is 5.88 Å². The molecule has 0 saturated carbocycles. The number of carbonyl (C=O) groups is 1. The summed E-state index contributed by atoms with van der Waals surface area (Å²) in [7, 11) is 0. The number of aryl methyl sites for hydroxylation is 2. The Balaban J connectivity index is 1.55. The number of aromatic nitrogens is 2. The number of carbonyl (C=O) groups excluding carboxylic acids is 1. The molecule has 2 aromatic rings. The third-order valence-electron chi connectivity index (χ3n) is 4.18. The number of rotatable bonds is 3. The lowest BCUT2D eigenvalue weighted by Crippen LogP contribution is -2.41. The normalized spacial score (nSPS) is 16.0. The van der Waals surface area contributed by atoms with Crippen LogP contribution in [0.1, 0.15) is 38.8 Å². The summed E-state index contributed by atoms with van der Waals surface area (Å²) in [4.78, 5) is 23.0. The van der Waals surface area contributed by atoms with Gasteiger partial charge in [0.15, 0.2) is 0 Å². The molecule has 0 aromatic carbocycles. The van der Waals surface area contributed by atoms with Crippen LogP contribution in [0.2, 0.25) is 0 Å². The van der Waals surface area contributed by atoms with Gasteiger partial charge in [0.1, 0.15) is 11.0 Å². The third kappa shape index (κ3) is 4.14. The largest absolute Gasteiger partial charge is 0.474 e. The molecule has 1 aliphatic heterocycles. The van der Waals surface area contributed by atoms with E-state index in [9.17, 15) is 18.0 Å². The van der Waals surface area contributed by atoms with Crippen LogP contribution < -0.4 is 4.74 Å². The predicted molar refractivity (Wildman–Crippen MR) is 90.4 cm³/mol. The first-order valence-electron chi connectivity index (χ1n) is 8.17. The van der Waals surface area contributed by atoms with Gasteiger partial charge < -0.3 is 9.64 Å². The number of hydrogen-bond donors (Lipinski definition) is 0. The minimum absolute atomic E-state index is 0.0285. The fraction of sp³-hybridized carbons (Fsp3) is 0.471. The minimum atomic E-state index is -4.41. The average Bonchev–Trinajstić information content (AvgIpc) is 2.93. The molecule has 1 amide bonds. The fourth-order valence-electron chi connectivity index (χ4n) is 2.84. The number of alkyl halides is 3. The van der Waals surface area contributed by atoms with E-state index in [0.29, 0.717) is 30.8 Å². The van der Waals surface area contributed by atoms with Gasteiger partial charge in [-0.3, -0.25) is 4.79 Å². The van der Waals surface area contributed by atoms with Crippen LogP contribution in [0.25, 0.3) is 0 Å². The molecule has 1 saturated heterocycles. The van der Waals surface area contributed by atoms with Gasteiger partial charge in [-0.2, -0.15) is 13.2 Å². The van der Waals surface area contributed by atoms with Gasteiger partial charge in [-0.05, 0) is 19.9 Å². The Morgan fingerprint density at radius 2 is 1.96 bits per heavy atom. The van der Waals surface area contributed by atoms with Gasteiger partial charge in [0.05, 0.1) is 16.3 Å². The Bertz CT molecular complexity index is 782. The number of hydrogen-bond acceptors (Lipinski definition) is 5. The molecule has 0 unspecified atom stereocenters. The maximum atomic E-state index is 12.6. The highest BCUT2D eigenvalue weighted by Gasteiger charge is 2.31. The highest BCUT2D eigenvalue weighted by molar-refractivity contribution is 7.13. The molecule has 3 rings (SSSR count). The Labute approximate surface area is 152 Å². The van der Waals surface area contributed by atoms with Crippen molar-refractivity contribution in [2.45, 2.75) is 39.0 Å². The Kier molecular flexibility index (Phi) is 5.17. The molecule has 0 aliphatic carbocycles. The Morgan fingerprint density at radius 3 is 2.46 bits per heavy atom. The number of piperidine rings is 1. The Hall–Kier alpha value is -2.16. The summed E-state index contributed by atoms with van der Waals surface area (Å²) in [5, 5.41) is 0.859. The van der Waals surface area contributed by atoms with E-state index in [1.54, 1.807) is 4.90 Å². The van der Waals surface area contributed by atoms with Crippen molar-refractivity contribution in [1.29, 1.82) is 0 Å². The highest BCUT2D eigenvalue weighted by Crippen LogP contribution is 2.29. The topological polar surface area (TPSA) is 55.3 Å². The van der Waals surface area contributed by atoms with Gasteiger partial charge in [0.25, 0.3) is 5.91 Å². The SMILES string of the molecule is Cc1nc(C)c(C(=O)N2CCC(Oc3ccc(C(F)(F)F)cn3)CC2)s1. The first-order valence-corrected chi connectivity index (χ1v) is 8.99. The van der Waals surface area contributed by atoms with E-state index in [1.165, 1.54) is 17.4 Å². The van der Waals surface area contributed by atoms with E-state index in [2.05, 4.69) is 9.97 Å². The summed E-state index contributed by atoms with van der Waals surface area (Å²) in [6, 6.07) is 2.18. The number of pyridine rings is 1. The van der Waals surface area contributed by atoms with E-state index in [4.69, 9.17) is 4.74 Å². The summed E-state index contributed by atoms with van der Waals surface area (Å²) >= 11 is 1.39. The number of halogens is 3. The van der Waals surface area contributed by atoms with Gasteiger partial charge in [0.2, 0.25) is 5.88 Å². The maximum Gasteiger partial charge on any atom is 0.417 e. The zero-order chi connectivity index (χ0) is 18.9. The molecule has 0 spiro atoms. The summed E-state index contributed by atoms with van der Waals surface area (Å²) in [5.74, 6) is 0.135. The van der Waals surface area contributed by atoms with E-state index < -0.39 is 11.7 Å². The van der Waals surface area contributed by atoms with Crippen LogP contribution in [-0.2, 0) is 6.18 Å². The molecule has 0 atom stereocenters. The number of amides is 1. The molecule has 0 N–H and O–H groups in total. The van der Waals surface area contributed by atoms with Crippen molar-refractivity contribution in [1.82, 2.24) is 14.9 Å². The first-order chi connectivity index (χ1) is 12.2. The molecule has 9 heteroatoms. The second-order valence-corrected chi connectivity index (χ2v) is 7.34. The maximum absolute atomic E-state index is 12.6. The van der Waals surface area contributed by atoms with Gasteiger partial charge in [-0.25, -0.2) is 9.97 Å². The van der Waals surface area contributed by atoms with Crippen molar-refractivity contribution in [2.75, 3.05) is 13.1 Å². The standard InChI is InChI=1S/C17H18F3N3O2S/c1-10-15(26-11(2)22-10)16(24)23-7-5-13(6-8-23)25-14-4-3-12(9-21-14)17(18,19)20/h3-4,9,13H,5-8H2,1-2H3. The average molecular weight is 385 g/mol. The predicted octanol–water partition coefficient (Wildman–Crippen LogP) is 3.86. The Morgan fingerprint density at radius 1 is 1.27 bits per heavy atom. The van der Waals surface area contributed by atoms with E-state index in [-0.39, 0.29) is 17.9 Å². The molecule has 140 valence electrons. The van der Waals surface area contributed by atoms with Crippen molar-refractivity contribution in [2.24, 2.45) is 0 Å². The smallest absolute Gasteiger partial charge is 0.417 e. The lowest BCUT2D eigenvalue weighted by molar-refractivity contribution is -0.137. The molecular formula is C17H18F3N3O2S. The van der Waals surface area contributed by atoms with Crippen LogP contribution in [0.4, 0.5) is 13.2 Å². The van der Waals surface area contributed by atoms with Gasteiger partial charge in [0, 0.05) is 38.2 Å². The number of nitrogens with zero attached hydrogens (tertiary/aromatic N) is 3. The van der Waals surface area contributed by atoms with Crippen LogP contribution in [0.5, 0.6) is 5.88 Å². The molecule has 1 fully saturated rings. The van der Waals surface area contributed by atoms with Gasteiger partial charge in [-0.1, -0.05) is 0 Å². The van der Waals surface area contributed by atoms with Crippen LogP contribution in [0.15, 0.2) is 18.3 Å². The van der Waals surface area contributed by atoms with Crippen LogP contribution >= 0.6 is 11.3 Å². The molecule has 3 heterocycles. The van der Waals surface area contributed by atoms with E-state index in [1.807, 2.05) is 13.8 Å². The van der Waals surface area contributed by atoms with Crippen molar-refractivity contribution < 1.29 is 22.7 Å². The zero-order valence-electron chi connectivity index (χ0n) is 14.3. The molecule has 0 radical (unpaired) electrons. The quantitative estimate of drug-likeness (QED) is 0.805. The van der Waals surface area contributed by atoms with Crippen molar-refractivity contribution >= 4 is 17.2 Å². The van der Waals surface area contributed by atoms with Crippen LogP contribution in [0.3, 0.4) is 0 Å². The van der Waals surface area contributed by atoms with Crippen molar-refractivity contribution in [3.63, 3.8) is 0 Å². The third-order valence-corrected chi connectivity index (χ3v) is 5.24. The molecule has 26 heavy (non-hydrogen) atoms. The van der Waals surface area contributed by atoms with Gasteiger partial charge >= 0.3 is 6.18 Å². The second kappa shape index (κ2) is 7.22. The minimum Gasteiger partial charge on any atom is -0.474 e. The lowest BCUT2D eigenvalue weighted by atomic mass is 10.1. The highest BCUT2D eigenvalue weighted by atomic mass is 32.1. The van der Waals surface area contributed by atoms with Crippen molar-refractivity contribution in [3.05, 3.63) is 39.5 Å². The molecule has 0 bridgehead atoms. The van der Waals surface area contributed by atoms with Crippen LogP contribution in [0, 0.1) is 13.8 Å². The van der Waals surface area contributed by atoms with Gasteiger partial charge in [-0.15, -0.1) is 11.3 Å². The monoisotopic (exact) mass is 385 g/mol. The van der Waals surface area contributed by atoms with E-state index >= 15 is 0 Å². The lowest BCUT2D eigenvalue weighted by Gasteiger charge is -2.31. The molecule has 1 aliphatic rings. The summed E-state index contributed by atoms with van der Waals surface area (Å²) < 4.78 is 43.3. The number of ether oxygens (including phenoxy) is 1. The second-order valence-electron chi connectivity index (χ2n) is 6.14. The summed E-state index contributed by atoms with van der Waals surface area (Å²) in [6.45, 7) is 4.75. The number of likely N-dealkylation sites (tertiary alicyclic amines) is 1. The molecule has 5 nitrogen and oxygen atoms in total. The number of thiazole rings is 1.